The van der Waals surface area contributed by atoms with E-state index in [0.29, 0.717) is 0 Å². The minimum atomic E-state index is -2.46. The fourth-order valence-electron chi connectivity index (χ4n) is 4.81. The van der Waals surface area contributed by atoms with Crippen LogP contribution in [0.5, 0.6) is 0 Å². The van der Waals surface area contributed by atoms with Crippen LogP contribution in [0.3, 0.4) is 0 Å². The van der Waals surface area contributed by atoms with Crippen molar-refractivity contribution >= 4 is 32.6 Å². The zero-order chi connectivity index (χ0) is 23.0. The third-order valence-corrected chi connectivity index (χ3v) is 26.4. The average Bonchev–Trinajstić information content (AvgIpc) is 3.26. The Morgan fingerprint density at radius 3 is 1.50 bits per heavy atom. The third kappa shape index (κ3) is 6.29. The summed E-state index contributed by atoms with van der Waals surface area (Å²) < 4.78 is 6.44. The van der Waals surface area contributed by atoms with E-state index < -0.39 is 18.4 Å². The first-order valence-corrected chi connectivity index (χ1v) is 21.1. The molecule has 0 saturated heterocycles. The van der Waals surface area contributed by atoms with Crippen molar-refractivity contribution < 1.29 is 0 Å². The Kier molecular flexibility index (Phi) is 9.92. The van der Waals surface area contributed by atoms with Gasteiger partial charge in [0.15, 0.2) is 0 Å². The van der Waals surface area contributed by atoms with Crippen molar-refractivity contribution in [3.63, 3.8) is 0 Å². The second kappa shape index (κ2) is 12.4. The molecule has 0 radical (unpaired) electrons. The topological polar surface area (TPSA) is 0 Å². The molecule has 0 aliphatic carbocycles. The summed E-state index contributed by atoms with van der Waals surface area (Å²) in [5, 5.41) is 0. The van der Waals surface area contributed by atoms with Gasteiger partial charge in [0.2, 0.25) is 0 Å². The van der Waals surface area contributed by atoms with Crippen LogP contribution in [0.15, 0.2) is 54.6 Å². The van der Waals surface area contributed by atoms with E-state index in [1.165, 1.54) is 84.5 Å². The molecule has 1 aromatic heterocycles. The van der Waals surface area contributed by atoms with Gasteiger partial charge in [0, 0.05) is 0 Å². The van der Waals surface area contributed by atoms with Gasteiger partial charge in [-0.15, -0.1) is 0 Å². The fourth-order valence-corrected chi connectivity index (χ4v) is 25.1. The fraction of sp³-hybridized carbons (Fsp3) is 0.467. The molecule has 0 fully saturated rings. The first kappa shape index (κ1) is 25.6. The molecule has 172 valence electrons. The normalized spacial score (nSPS) is 11.8. The van der Waals surface area contributed by atoms with E-state index in [9.17, 15) is 0 Å². The minimum absolute atomic E-state index is 1.33. The van der Waals surface area contributed by atoms with Crippen LogP contribution in [0.1, 0.15) is 70.4 Å². The van der Waals surface area contributed by atoms with Gasteiger partial charge in [-0.2, -0.15) is 0 Å². The van der Waals surface area contributed by atoms with Gasteiger partial charge in [-0.1, -0.05) is 0 Å². The van der Waals surface area contributed by atoms with Gasteiger partial charge >= 0.3 is 206 Å². The number of rotatable bonds is 12. The van der Waals surface area contributed by atoms with Crippen LogP contribution in [-0.2, 0) is 0 Å². The predicted octanol–water partition coefficient (Wildman–Crippen LogP) is 9.76. The van der Waals surface area contributed by atoms with Crippen LogP contribution in [0.4, 0.5) is 0 Å². The molecule has 0 saturated carbocycles. The van der Waals surface area contributed by atoms with Gasteiger partial charge in [-0.05, 0) is 0 Å². The SMILES string of the molecule is CCC[CH2][Sn]([CH2]CCC)([CH2]CCC)[c]1cc(-c2ccc(C)cc2)c(-c2ccc(C)cc2)s1. The second-order valence-corrected chi connectivity index (χ2v) is 24.9. The van der Waals surface area contributed by atoms with Crippen molar-refractivity contribution in [2.24, 2.45) is 0 Å². The average molecular weight is 553 g/mol. The van der Waals surface area contributed by atoms with Gasteiger partial charge < -0.3 is 0 Å². The molecule has 3 rings (SSSR count). The summed E-state index contributed by atoms with van der Waals surface area (Å²) in [6.45, 7) is 11.5. The summed E-state index contributed by atoms with van der Waals surface area (Å²) in [6.07, 6.45) is 8.25. The Hall–Kier alpha value is -1.06. The molecule has 2 aromatic carbocycles. The summed E-state index contributed by atoms with van der Waals surface area (Å²) in [5.74, 6) is 0. The molecule has 0 unspecified atom stereocenters. The summed E-state index contributed by atoms with van der Waals surface area (Å²) in [7, 11) is 0. The molecule has 0 bridgehead atoms. The van der Waals surface area contributed by atoms with E-state index in [1.807, 2.05) is 2.89 Å². The first-order valence-electron chi connectivity index (χ1n) is 12.8. The Morgan fingerprint density at radius 2 is 1.06 bits per heavy atom. The van der Waals surface area contributed by atoms with Crippen LogP contribution < -0.4 is 2.89 Å². The van der Waals surface area contributed by atoms with Gasteiger partial charge in [-0.25, -0.2) is 0 Å². The number of benzene rings is 2. The van der Waals surface area contributed by atoms with Gasteiger partial charge in [0.1, 0.15) is 0 Å². The van der Waals surface area contributed by atoms with Crippen LogP contribution in [0.25, 0.3) is 21.6 Å². The Bertz CT molecular complexity index is 865. The van der Waals surface area contributed by atoms with Crippen LogP contribution in [0, 0.1) is 13.8 Å². The van der Waals surface area contributed by atoms with Crippen molar-refractivity contribution in [2.45, 2.75) is 86.5 Å². The van der Waals surface area contributed by atoms with E-state index in [4.69, 9.17) is 0 Å². The van der Waals surface area contributed by atoms with Crippen LogP contribution in [-0.4, -0.2) is 18.4 Å². The van der Waals surface area contributed by atoms with E-state index in [1.54, 1.807) is 0 Å². The zero-order valence-corrected chi connectivity index (χ0v) is 24.6. The summed E-state index contributed by atoms with van der Waals surface area (Å²) in [6, 6.07) is 21.1. The van der Waals surface area contributed by atoms with Crippen LogP contribution >= 0.6 is 11.3 Å². The molecule has 0 atom stereocenters. The zero-order valence-electron chi connectivity index (χ0n) is 21.0. The first-order chi connectivity index (χ1) is 15.5. The Labute approximate surface area is 205 Å². The Balaban J connectivity index is 2.16. The predicted molar refractivity (Wildman–Crippen MR) is 149 cm³/mol. The number of unbranched alkanes of at least 4 members (excludes halogenated alkanes) is 3. The summed E-state index contributed by atoms with van der Waals surface area (Å²) in [5.41, 5.74) is 6.92. The molecule has 32 heavy (non-hydrogen) atoms. The van der Waals surface area contributed by atoms with E-state index in [2.05, 4.69) is 101 Å². The molecule has 3 aromatic rings. The summed E-state index contributed by atoms with van der Waals surface area (Å²) >= 11 is -0.289. The molecule has 0 amide bonds. The molecule has 1 heterocycles. The van der Waals surface area contributed by atoms with Crippen molar-refractivity contribution in [2.75, 3.05) is 0 Å². The molecule has 0 N–H and O–H groups in total. The monoisotopic (exact) mass is 554 g/mol. The standard InChI is InChI=1S/C18H15S.3C4H9.Sn/c1-13-3-7-15(8-4-13)17-11-12-19-18(17)16-9-5-14(2)6-10-16;3*1-3-4-2;/h3-11H,1-2H3;3*1,3-4H2,2H3;. The van der Waals surface area contributed by atoms with Gasteiger partial charge in [0.05, 0.1) is 0 Å². The molecular weight excluding hydrogens is 511 g/mol. The van der Waals surface area contributed by atoms with Crippen molar-refractivity contribution in [3.8, 4) is 21.6 Å². The molecule has 0 aliphatic heterocycles. The maximum atomic E-state index is 2.67. The third-order valence-electron chi connectivity index (χ3n) is 6.96. The van der Waals surface area contributed by atoms with Crippen molar-refractivity contribution in [1.29, 1.82) is 0 Å². The van der Waals surface area contributed by atoms with E-state index in [-0.39, 0.29) is 0 Å². The van der Waals surface area contributed by atoms with Crippen LogP contribution in [0.2, 0.25) is 13.3 Å². The number of thiophene rings is 1. The quantitative estimate of drug-likeness (QED) is 0.196. The van der Waals surface area contributed by atoms with Gasteiger partial charge in [-0.3, -0.25) is 0 Å². The Morgan fingerprint density at radius 1 is 0.625 bits per heavy atom. The molecule has 0 spiro atoms. The van der Waals surface area contributed by atoms with Gasteiger partial charge in [0.25, 0.3) is 0 Å². The van der Waals surface area contributed by atoms with E-state index >= 15 is 0 Å². The second-order valence-electron chi connectivity index (χ2n) is 9.68. The number of hydrogen-bond donors (Lipinski definition) is 0. The molecule has 0 nitrogen and oxygen atoms in total. The summed E-state index contributed by atoms with van der Waals surface area (Å²) in [4.78, 5) is 1.49. The molecule has 0 aliphatic rings. The number of aryl methyl sites for hydroxylation is 2. The van der Waals surface area contributed by atoms with E-state index in [0.717, 1.165) is 0 Å². The number of hydrogen-bond acceptors (Lipinski definition) is 1. The molecular formula is C30H42SSn. The molecule has 2 heteroatoms. The van der Waals surface area contributed by atoms with Crippen molar-refractivity contribution in [1.82, 2.24) is 0 Å². The van der Waals surface area contributed by atoms with Crippen molar-refractivity contribution in [3.05, 3.63) is 65.7 Å². The maximum absolute atomic E-state index is 2.67.